The highest BCUT2D eigenvalue weighted by atomic mass is 16.5. The molecule has 1 N–H and O–H groups in total. The van der Waals surface area contributed by atoms with Gasteiger partial charge in [0.05, 0.1) is 7.11 Å². The number of nitrogens with zero attached hydrogens (tertiary/aromatic N) is 1. The van der Waals surface area contributed by atoms with Crippen LogP contribution in [0.5, 0.6) is 11.5 Å². The van der Waals surface area contributed by atoms with E-state index in [1.54, 1.807) is 24.3 Å². The second kappa shape index (κ2) is 8.54. The van der Waals surface area contributed by atoms with Gasteiger partial charge in [-0.3, -0.25) is 4.79 Å². The predicted octanol–water partition coefficient (Wildman–Crippen LogP) is 4.40. The molecule has 0 radical (unpaired) electrons. The Hall–Kier alpha value is -3.78. The largest absolute Gasteiger partial charge is 0.493 e. The fourth-order valence-electron chi connectivity index (χ4n) is 2.64. The van der Waals surface area contributed by atoms with Crippen molar-refractivity contribution in [2.75, 3.05) is 19.0 Å². The zero-order valence-electron chi connectivity index (χ0n) is 14.8. The van der Waals surface area contributed by atoms with Crippen molar-refractivity contribution in [1.29, 1.82) is 5.26 Å². The molecule has 0 spiro atoms. The smallest absolute Gasteiger partial charge is 0.248 e. The predicted molar refractivity (Wildman–Crippen MR) is 106 cm³/mol. The van der Waals surface area contributed by atoms with E-state index in [-0.39, 0.29) is 12.5 Å². The Morgan fingerprint density at radius 1 is 1.07 bits per heavy atom. The first kappa shape index (κ1) is 18.0. The highest BCUT2D eigenvalue weighted by Crippen LogP contribution is 2.28. The van der Waals surface area contributed by atoms with Crippen molar-refractivity contribution >= 4 is 28.4 Å². The van der Waals surface area contributed by atoms with Crippen LogP contribution in [-0.4, -0.2) is 19.6 Å². The molecular weight excluding hydrogens is 340 g/mol. The summed E-state index contributed by atoms with van der Waals surface area (Å²) in [5.41, 5.74) is 1.52. The summed E-state index contributed by atoms with van der Waals surface area (Å²) in [6, 6.07) is 20.9. The normalized spacial score (nSPS) is 10.5. The van der Waals surface area contributed by atoms with E-state index in [1.807, 2.05) is 48.5 Å². The Morgan fingerprint density at radius 2 is 1.89 bits per heavy atom. The second-order valence-electron chi connectivity index (χ2n) is 5.74. The van der Waals surface area contributed by atoms with Crippen LogP contribution in [0.2, 0.25) is 0 Å². The highest BCUT2D eigenvalue weighted by Gasteiger charge is 2.05. The number of rotatable bonds is 6. The Bertz CT molecular complexity index is 1040. The molecule has 27 heavy (non-hydrogen) atoms. The summed E-state index contributed by atoms with van der Waals surface area (Å²) in [5, 5.41) is 13.6. The first-order valence-electron chi connectivity index (χ1n) is 8.35. The van der Waals surface area contributed by atoms with Gasteiger partial charge >= 0.3 is 0 Å². The van der Waals surface area contributed by atoms with Gasteiger partial charge in [-0.1, -0.05) is 36.4 Å². The zero-order chi connectivity index (χ0) is 19.1. The van der Waals surface area contributed by atoms with Crippen molar-refractivity contribution < 1.29 is 14.3 Å². The van der Waals surface area contributed by atoms with E-state index in [1.165, 1.54) is 13.2 Å². The molecule has 5 heteroatoms. The summed E-state index contributed by atoms with van der Waals surface area (Å²) < 4.78 is 10.5. The lowest BCUT2D eigenvalue weighted by molar-refractivity contribution is -0.111. The second-order valence-corrected chi connectivity index (χ2v) is 5.74. The maximum Gasteiger partial charge on any atom is 0.248 e. The minimum absolute atomic E-state index is 0.0558. The van der Waals surface area contributed by atoms with E-state index in [0.717, 1.165) is 22.0 Å². The van der Waals surface area contributed by atoms with Crippen LogP contribution in [-0.2, 0) is 4.79 Å². The molecule has 0 saturated carbocycles. The number of fused-ring (bicyclic) bond motifs is 1. The number of benzene rings is 3. The van der Waals surface area contributed by atoms with Gasteiger partial charge in [0.2, 0.25) is 5.91 Å². The van der Waals surface area contributed by atoms with E-state index in [4.69, 9.17) is 14.7 Å². The van der Waals surface area contributed by atoms with Gasteiger partial charge in [-0.2, -0.15) is 5.26 Å². The summed E-state index contributed by atoms with van der Waals surface area (Å²) in [7, 11) is 1.52. The van der Waals surface area contributed by atoms with Crippen molar-refractivity contribution in [3.8, 4) is 17.6 Å². The minimum Gasteiger partial charge on any atom is -0.493 e. The number of hydrogen-bond acceptors (Lipinski definition) is 4. The molecule has 5 nitrogen and oxygen atoms in total. The molecule has 1 amide bonds. The first-order chi connectivity index (χ1) is 13.2. The number of carbonyl (C=O) groups is 1. The molecule has 0 aromatic heterocycles. The Morgan fingerprint density at radius 3 is 2.67 bits per heavy atom. The van der Waals surface area contributed by atoms with Crippen LogP contribution in [0.1, 0.15) is 5.56 Å². The molecule has 0 unspecified atom stereocenters. The third-order valence-electron chi connectivity index (χ3n) is 3.92. The molecule has 0 heterocycles. The fourth-order valence-corrected chi connectivity index (χ4v) is 2.64. The van der Waals surface area contributed by atoms with Gasteiger partial charge in [-0.15, -0.1) is 0 Å². The van der Waals surface area contributed by atoms with Gasteiger partial charge in [-0.25, -0.2) is 0 Å². The number of methoxy groups -OCH3 is 1. The van der Waals surface area contributed by atoms with Crippen molar-refractivity contribution in [2.24, 2.45) is 0 Å². The Balaban J connectivity index is 1.69. The number of carbonyl (C=O) groups excluding carboxylic acids is 1. The van der Waals surface area contributed by atoms with Gasteiger partial charge in [0.25, 0.3) is 0 Å². The average Bonchev–Trinajstić information content (AvgIpc) is 2.70. The van der Waals surface area contributed by atoms with Crippen LogP contribution in [0, 0.1) is 11.3 Å². The van der Waals surface area contributed by atoms with Crippen LogP contribution in [0.3, 0.4) is 0 Å². The fraction of sp³-hybridized carbons (Fsp3) is 0.0909. The van der Waals surface area contributed by atoms with Crippen LogP contribution < -0.4 is 14.8 Å². The van der Waals surface area contributed by atoms with E-state index >= 15 is 0 Å². The molecule has 0 aliphatic rings. The lowest BCUT2D eigenvalue weighted by Gasteiger charge is -2.08. The van der Waals surface area contributed by atoms with Gasteiger partial charge < -0.3 is 14.8 Å². The topological polar surface area (TPSA) is 71.3 Å². The highest BCUT2D eigenvalue weighted by molar-refractivity contribution is 6.03. The number of nitriles is 1. The summed E-state index contributed by atoms with van der Waals surface area (Å²) in [4.78, 5) is 12.2. The molecule has 0 aliphatic heterocycles. The number of anilines is 1. The van der Waals surface area contributed by atoms with Gasteiger partial charge in [0, 0.05) is 11.8 Å². The molecule has 3 aromatic carbocycles. The maximum atomic E-state index is 12.2. The molecule has 3 aromatic rings. The van der Waals surface area contributed by atoms with E-state index < -0.39 is 0 Å². The number of amides is 1. The van der Waals surface area contributed by atoms with Crippen molar-refractivity contribution in [1.82, 2.24) is 0 Å². The molecule has 3 rings (SSSR count). The van der Waals surface area contributed by atoms with Crippen molar-refractivity contribution in [3.05, 3.63) is 72.3 Å². The Labute approximate surface area is 157 Å². The molecule has 0 bridgehead atoms. The summed E-state index contributed by atoms with van der Waals surface area (Å²) in [5.74, 6) is 0.758. The quantitative estimate of drug-likeness (QED) is 0.663. The Kier molecular flexibility index (Phi) is 5.70. The zero-order valence-corrected chi connectivity index (χ0v) is 14.8. The standard InChI is InChI=1S/C22H18N2O3/c1-26-21-14-16(6-10-20(21)27-13-12-23)7-11-22(25)24-19-9-8-17-4-2-3-5-18(17)15-19/h2-11,14-15H,13H2,1H3,(H,24,25)/b11-7+. The molecular formula is C22H18N2O3. The SMILES string of the molecule is COc1cc(/C=C/C(=O)Nc2ccc3ccccc3c2)ccc1OCC#N. The summed E-state index contributed by atoms with van der Waals surface area (Å²) in [6.45, 7) is -0.0558. The van der Waals surface area contributed by atoms with Gasteiger partial charge in [0.1, 0.15) is 6.07 Å². The van der Waals surface area contributed by atoms with Crippen LogP contribution in [0.25, 0.3) is 16.8 Å². The van der Waals surface area contributed by atoms with Crippen molar-refractivity contribution in [3.63, 3.8) is 0 Å². The summed E-state index contributed by atoms with van der Waals surface area (Å²) in [6.07, 6.45) is 3.15. The third-order valence-corrected chi connectivity index (χ3v) is 3.92. The minimum atomic E-state index is -0.228. The van der Waals surface area contributed by atoms with Crippen LogP contribution in [0.15, 0.2) is 66.7 Å². The lowest BCUT2D eigenvalue weighted by atomic mass is 10.1. The number of nitrogens with one attached hydrogen (secondary N) is 1. The van der Waals surface area contributed by atoms with E-state index in [9.17, 15) is 4.79 Å². The molecule has 134 valence electrons. The third kappa shape index (κ3) is 4.65. The van der Waals surface area contributed by atoms with Crippen LogP contribution >= 0.6 is 0 Å². The van der Waals surface area contributed by atoms with Gasteiger partial charge in [0.15, 0.2) is 18.1 Å². The average molecular weight is 358 g/mol. The monoisotopic (exact) mass is 358 g/mol. The molecule has 0 aliphatic carbocycles. The molecule has 0 fully saturated rings. The summed E-state index contributed by atoms with van der Waals surface area (Å²) >= 11 is 0. The number of ether oxygens (including phenoxy) is 2. The molecule has 0 atom stereocenters. The van der Waals surface area contributed by atoms with E-state index in [0.29, 0.717) is 11.5 Å². The first-order valence-corrected chi connectivity index (χ1v) is 8.35. The lowest BCUT2D eigenvalue weighted by Crippen LogP contribution is -2.07. The van der Waals surface area contributed by atoms with Gasteiger partial charge in [-0.05, 0) is 46.7 Å². The van der Waals surface area contributed by atoms with Crippen LogP contribution in [0.4, 0.5) is 5.69 Å². The van der Waals surface area contributed by atoms with Crippen molar-refractivity contribution in [2.45, 2.75) is 0 Å². The molecule has 0 saturated heterocycles. The maximum absolute atomic E-state index is 12.2. The number of hydrogen-bond donors (Lipinski definition) is 1. The van der Waals surface area contributed by atoms with E-state index in [2.05, 4.69) is 5.32 Å².